The lowest BCUT2D eigenvalue weighted by molar-refractivity contribution is -0.119. The van der Waals surface area contributed by atoms with E-state index >= 15 is 0 Å². The number of anilines is 1. The molecule has 1 aliphatic heterocycles. The van der Waals surface area contributed by atoms with Crippen molar-refractivity contribution in [2.45, 2.75) is 19.4 Å². The van der Waals surface area contributed by atoms with Crippen LogP contribution in [-0.2, 0) is 9.53 Å². The van der Waals surface area contributed by atoms with Crippen molar-refractivity contribution in [3.63, 3.8) is 0 Å². The van der Waals surface area contributed by atoms with E-state index < -0.39 is 0 Å². The van der Waals surface area contributed by atoms with Gasteiger partial charge in [0.2, 0.25) is 5.91 Å². The van der Waals surface area contributed by atoms with Crippen molar-refractivity contribution in [2.24, 2.45) is 11.7 Å². The Labute approximate surface area is 113 Å². The quantitative estimate of drug-likeness (QED) is 0.842. The number of hydrogen-bond acceptors (Lipinski definition) is 4. The largest absolute Gasteiger partial charge is 0.490 e. The van der Waals surface area contributed by atoms with E-state index in [0.29, 0.717) is 31.2 Å². The second-order valence-corrected chi connectivity index (χ2v) is 4.70. The highest BCUT2D eigenvalue weighted by Crippen LogP contribution is 2.26. The fraction of sp³-hybridized carbons (Fsp3) is 0.500. The number of carbonyl (C=O) groups is 1. The second kappa shape index (κ2) is 6.54. The highest BCUT2D eigenvalue weighted by molar-refractivity contribution is 5.94. The van der Waals surface area contributed by atoms with Crippen LogP contribution in [0.1, 0.15) is 13.3 Å². The third kappa shape index (κ3) is 3.68. The average Bonchev–Trinajstić information content (AvgIpc) is 2.84. The van der Waals surface area contributed by atoms with Crippen molar-refractivity contribution in [3.05, 3.63) is 24.3 Å². The highest BCUT2D eigenvalue weighted by atomic mass is 16.5. The molecule has 19 heavy (non-hydrogen) atoms. The van der Waals surface area contributed by atoms with Crippen LogP contribution in [0.25, 0.3) is 0 Å². The first-order valence-corrected chi connectivity index (χ1v) is 6.55. The van der Waals surface area contributed by atoms with Crippen LogP contribution in [0.4, 0.5) is 5.69 Å². The number of benzene rings is 1. The van der Waals surface area contributed by atoms with Crippen LogP contribution in [-0.4, -0.2) is 31.8 Å². The van der Waals surface area contributed by atoms with Gasteiger partial charge >= 0.3 is 0 Å². The lowest BCUT2D eigenvalue weighted by atomic mass is 10.1. The molecule has 1 saturated heterocycles. The van der Waals surface area contributed by atoms with Crippen LogP contribution in [0.5, 0.6) is 5.75 Å². The Hall–Kier alpha value is -1.59. The third-order valence-corrected chi connectivity index (χ3v) is 3.09. The predicted molar refractivity (Wildman–Crippen MR) is 73.1 cm³/mol. The monoisotopic (exact) mass is 264 g/mol. The summed E-state index contributed by atoms with van der Waals surface area (Å²) in [6.45, 7) is 3.33. The number of ether oxygens (including phenoxy) is 2. The SMILES string of the molecule is CC1CC(C(=O)Nc2ccccc2OCCN)CO1. The molecule has 1 aromatic carbocycles. The van der Waals surface area contributed by atoms with Crippen LogP contribution < -0.4 is 15.8 Å². The number of amides is 1. The molecule has 5 heteroatoms. The molecule has 0 bridgehead atoms. The smallest absolute Gasteiger partial charge is 0.230 e. The van der Waals surface area contributed by atoms with Crippen molar-refractivity contribution in [3.8, 4) is 5.75 Å². The molecular formula is C14H20N2O3. The maximum atomic E-state index is 12.1. The van der Waals surface area contributed by atoms with Gasteiger partial charge in [0.25, 0.3) is 0 Å². The number of hydrogen-bond donors (Lipinski definition) is 2. The molecule has 0 aliphatic carbocycles. The van der Waals surface area contributed by atoms with Crippen molar-refractivity contribution < 1.29 is 14.3 Å². The first-order chi connectivity index (χ1) is 9.20. The number of nitrogens with two attached hydrogens (primary N) is 1. The topological polar surface area (TPSA) is 73.6 Å². The number of carbonyl (C=O) groups excluding carboxylic acids is 1. The Kier molecular flexibility index (Phi) is 4.76. The molecule has 0 spiro atoms. The molecule has 3 N–H and O–H groups in total. The maximum absolute atomic E-state index is 12.1. The first kappa shape index (κ1) is 13.8. The Morgan fingerprint density at radius 2 is 2.32 bits per heavy atom. The van der Waals surface area contributed by atoms with Gasteiger partial charge in [-0.2, -0.15) is 0 Å². The molecule has 1 amide bonds. The fourth-order valence-corrected chi connectivity index (χ4v) is 2.10. The molecule has 2 atom stereocenters. The number of para-hydroxylation sites is 2. The van der Waals surface area contributed by atoms with Gasteiger partial charge in [-0.1, -0.05) is 12.1 Å². The van der Waals surface area contributed by atoms with Crippen LogP contribution in [0.3, 0.4) is 0 Å². The molecular weight excluding hydrogens is 244 g/mol. The standard InChI is InChI=1S/C14H20N2O3/c1-10-8-11(9-19-10)14(17)16-12-4-2-3-5-13(12)18-7-6-15/h2-5,10-11H,6-9,15H2,1H3,(H,16,17). The molecule has 2 unspecified atom stereocenters. The summed E-state index contributed by atoms with van der Waals surface area (Å²) in [7, 11) is 0. The molecule has 1 fully saturated rings. The van der Waals surface area contributed by atoms with Gasteiger partial charge in [0.1, 0.15) is 12.4 Å². The molecule has 104 valence electrons. The summed E-state index contributed by atoms with van der Waals surface area (Å²) in [6.07, 6.45) is 0.914. The van der Waals surface area contributed by atoms with Gasteiger partial charge in [-0.05, 0) is 25.5 Å². The molecule has 1 aliphatic rings. The molecule has 0 saturated carbocycles. The number of nitrogens with one attached hydrogen (secondary N) is 1. The summed E-state index contributed by atoms with van der Waals surface area (Å²) >= 11 is 0. The van der Waals surface area contributed by atoms with E-state index in [-0.39, 0.29) is 17.9 Å². The van der Waals surface area contributed by atoms with Crippen LogP contribution in [0.2, 0.25) is 0 Å². The van der Waals surface area contributed by atoms with Gasteiger partial charge in [-0.3, -0.25) is 4.79 Å². The highest BCUT2D eigenvalue weighted by Gasteiger charge is 2.28. The minimum Gasteiger partial charge on any atom is -0.490 e. The normalized spacial score (nSPS) is 22.2. The third-order valence-electron chi connectivity index (χ3n) is 3.09. The van der Waals surface area contributed by atoms with Crippen LogP contribution in [0, 0.1) is 5.92 Å². The minimum atomic E-state index is -0.0856. The first-order valence-electron chi connectivity index (χ1n) is 6.55. The maximum Gasteiger partial charge on any atom is 0.230 e. The van der Waals surface area contributed by atoms with Gasteiger partial charge in [0.05, 0.1) is 24.3 Å². The van der Waals surface area contributed by atoms with Gasteiger partial charge in [0.15, 0.2) is 0 Å². The summed E-state index contributed by atoms with van der Waals surface area (Å²) in [5.41, 5.74) is 6.09. The van der Waals surface area contributed by atoms with Crippen molar-refractivity contribution in [2.75, 3.05) is 25.1 Å². The Morgan fingerprint density at radius 3 is 3.00 bits per heavy atom. The summed E-state index contributed by atoms with van der Waals surface area (Å²) in [5.74, 6) is 0.541. The van der Waals surface area contributed by atoms with E-state index in [1.807, 2.05) is 31.2 Å². The Morgan fingerprint density at radius 1 is 1.53 bits per heavy atom. The van der Waals surface area contributed by atoms with Crippen molar-refractivity contribution in [1.29, 1.82) is 0 Å². The predicted octanol–water partition coefficient (Wildman–Crippen LogP) is 1.39. The van der Waals surface area contributed by atoms with Gasteiger partial charge < -0.3 is 20.5 Å². The molecule has 0 radical (unpaired) electrons. The minimum absolute atomic E-state index is 0.0202. The van der Waals surface area contributed by atoms with E-state index in [1.54, 1.807) is 0 Å². The number of rotatable bonds is 5. The molecule has 2 rings (SSSR count). The molecule has 0 aromatic heterocycles. The van der Waals surface area contributed by atoms with E-state index in [4.69, 9.17) is 15.2 Å². The van der Waals surface area contributed by atoms with Crippen LogP contribution >= 0.6 is 0 Å². The van der Waals surface area contributed by atoms with E-state index in [9.17, 15) is 4.79 Å². The summed E-state index contributed by atoms with van der Waals surface area (Å²) in [6, 6.07) is 7.36. The second-order valence-electron chi connectivity index (χ2n) is 4.70. The molecule has 1 heterocycles. The zero-order valence-electron chi connectivity index (χ0n) is 11.1. The fourth-order valence-electron chi connectivity index (χ4n) is 2.10. The molecule has 1 aromatic rings. The zero-order valence-corrected chi connectivity index (χ0v) is 11.1. The van der Waals surface area contributed by atoms with Gasteiger partial charge in [-0.25, -0.2) is 0 Å². The Balaban J connectivity index is 2.00. The average molecular weight is 264 g/mol. The summed E-state index contributed by atoms with van der Waals surface area (Å²) < 4.78 is 10.9. The van der Waals surface area contributed by atoms with Gasteiger partial charge in [-0.15, -0.1) is 0 Å². The van der Waals surface area contributed by atoms with Crippen LogP contribution in [0.15, 0.2) is 24.3 Å². The lowest BCUT2D eigenvalue weighted by Crippen LogP contribution is -2.23. The van der Waals surface area contributed by atoms with Crippen molar-refractivity contribution >= 4 is 11.6 Å². The van der Waals surface area contributed by atoms with E-state index in [0.717, 1.165) is 6.42 Å². The summed E-state index contributed by atoms with van der Waals surface area (Å²) in [5, 5.41) is 2.90. The van der Waals surface area contributed by atoms with E-state index in [2.05, 4.69) is 5.32 Å². The lowest BCUT2D eigenvalue weighted by Gasteiger charge is -2.13. The zero-order chi connectivity index (χ0) is 13.7. The van der Waals surface area contributed by atoms with E-state index in [1.165, 1.54) is 0 Å². The Bertz CT molecular complexity index is 436. The van der Waals surface area contributed by atoms with Gasteiger partial charge in [0, 0.05) is 6.54 Å². The summed E-state index contributed by atoms with van der Waals surface area (Å²) in [4.78, 5) is 12.1. The molecule has 5 nitrogen and oxygen atoms in total. The van der Waals surface area contributed by atoms with Crippen molar-refractivity contribution in [1.82, 2.24) is 0 Å².